The van der Waals surface area contributed by atoms with Crippen molar-refractivity contribution in [3.63, 3.8) is 0 Å². The number of hydrogen-bond acceptors (Lipinski definition) is 3. The van der Waals surface area contributed by atoms with Gasteiger partial charge in [-0.3, -0.25) is 9.39 Å². The van der Waals surface area contributed by atoms with E-state index in [4.69, 9.17) is 0 Å². The largest absolute Gasteiger partial charge is 0.356 e. The molecule has 24 heavy (non-hydrogen) atoms. The maximum Gasteiger partial charge on any atom is 0.193 e. The van der Waals surface area contributed by atoms with Gasteiger partial charge in [-0.15, -0.1) is 35.3 Å². The molecule has 0 saturated carbocycles. The minimum atomic E-state index is -0.209. The van der Waals surface area contributed by atoms with Gasteiger partial charge in [0.15, 0.2) is 10.9 Å². The predicted molar refractivity (Wildman–Crippen MR) is 107 cm³/mol. The minimum absolute atomic E-state index is 0. The van der Waals surface area contributed by atoms with E-state index >= 15 is 0 Å². The number of thiazole rings is 1. The lowest BCUT2D eigenvalue weighted by molar-refractivity contribution is 0.626. The van der Waals surface area contributed by atoms with Gasteiger partial charge in [-0.2, -0.15) is 0 Å². The van der Waals surface area contributed by atoms with E-state index in [-0.39, 0.29) is 29.8 Å². The molecule has 0 aliphatic heterocycles. The summed E-state index contributed by atoms with van der Waals surface area (Å²) < 4.78 is 14.9. The van der Waals surface area contributed by atoms with Gasteiger partial charge in [-0.1, -0.05) is 12.1 Å². The van der Waals surface area contributed by atoms with Crippen LogP contribution in [0.5, 0.6) is 0 Å². The molecule has 0 amide bonds. The van der Waals surface area contributed by atoms with Gasteiger partial charge in [0.25, 0.3) is 0 Å². The number of aliphatic imine (C=N–C) groups is 1. The number of halogens is 2. The van der Waals surface area contributed by atoms with E-state index in [0.717, 1.165) is 35.1 Å². The highest BCUT2D eigenvalue weighted by Crippen LogP contribution is 2.10. The summed E-state index contributed by atoms with van der Waals surface area (Å²) in [4.78, 5) is 9.70. The van der Waals surface area contributed by atoms with E-state index in [1.807, 2.05) is 22.2 Å². The Labute approximate surface area is 161 Å². The Bertz CT molecular complexity index is 768. The number of hydrogen-bond donors (Lipinski definition) is 2. The Kier molecular flexibility index (Phi) is 6.98. The third-order valence-corrected chi connectivity index (χ3v) is 4.19. The molecule has 3 aromatic rings. The van der Waals surface area contributed by atoms with Crippen LogP contribution in [0, 0.1) is 5.82 Å². The first-order valence-corrected chi connectivity index (χ1v) is 8.22. The lowest BCUT2D eigenvalue weighted by Gasteiger charge is -2.10. The number of guanidine groups is 1. The molecular formula is C16H19FIN5S. The summed E-state index contributed by atoms with van der Waals surface area (Å²) in [7, 11) is 1.74. The van der Waals surface area contributed by atoms with Crippen LogP contribution in [0.1, 0.15) is 11.3 Å². The maximum absolute atomic E-state index is 12.9. The Balaban J connectivity index is 0.00000208. The van der Waals surface area contributed by atoms with Crippen LogP contribution >= 0.6 is 35.3 Å². The highest BCUT2D eigenvalue weighted by atomic mass is 127. The molecule has 1 aromatic carbocycles. The summed E-state index contributed by atoms with van der Waals surface area (Å²) in [6.45, 7) is 1.34. The highest BCUT2D eigenvalue weighted by molar-refractivity contribution is 14.0. The molecule has 0 unspecified atom stereocenters. The Morgan fingerprint density at radius 3 is 2.79 bits per heavy atom. The van der Waals surface area contributed by atoms with Crippen molar-refractivity contribution in [2.45, 2.75) is 13.0 Å². The Hall–Kier alpha value is -1.68. The summed E-state index contributed by atoms with van der Waals surface area (Å²) in [6.07, 6.45) is 4.80. The number of nitrogens with zero attached hydrogens (tertiary/aromatic N) is 3. The van der Waals surface area contributed by atoms with Gasteiger partial charge in [-0.25, -0.2) is 9.37 Å². The average molecular weight is 459 g/mol. The van der Waals surface area contributed by atoms with E-state index in [0.29, 0.717) is 6.54 Å². The van der Waals surface area contributed by atoms with Gasteiger partial charge in [0.2, 0.25) is 0 Å². The minimum Gasteiger partial charge on any atom is -0.356 e. The second-order valence-corrected chi connectivity index (χ2v) is 5.93. The van der Waals surface area contributed by atoms with Crippen LogP contribution in [0.3, 0.4) is 0 Å². The lowest BCUT2D eigenvalue weighted by Crippen LogP contribution is -2.37. The quantitative estimate of drug-likeness (QED) is 0.351. The first-order valence-electron chi connectivity index (χ1n) is 7.34. The van der Waals surface area contributed by atoms with Crippen LogP contribution in [0.25, 0.3) is 4.96 Å². The number of nitrogens with one attached hydrogen (secondary N) is 2. The molecule has 2 heterocycles. The van der Waals surface area contributed by atoms with Crippen molar-refractivity contribution in [1.29, 1.82) is 0 Å². The summed E-state index contributed by atoms with van der Waals surface area (Å²) >= 11 is 1.61. The number of aromatic nitrogens is 2. The normalized spacial score (nSPS) is 11.3. The van der Waals surface area contributed by atoms with Gasteiger partial charge in [0, 0.05) is 31.4 Å². The topological polar surface area (TPSA) is 53.7 Å². The maximum atomic E-state index is 12.9. The summed E-state index contributed by atoms with van der Waals surface area (Å²) in [5.74, 6) is 0.516. The number of imidazole rings is 1. The Morgan fingerprint density at radius 2 is 2.08 bits per heavy atom. The smallest absolute Gasteiger partial charge is 0.193 e. The van der Waals surface area contributed by atoms with Gasteiger partial charge < -0.3 is 10.6 Å². The monoisotopic (exact) mass is 459 g/mol. The third-order valence-electron chi connectivity index (χ3n) is 3.42. The van der Waals surface area contributed by atoms with E-state index in [9.17, 15) is 4.39 Å². The standard InChI is InChI=1S/C16H18FN5S.HI/c1-18-15(19-7-6-12-2-4-13(17)5-3-12)20-10-14-11-22-8-9-23-16(22)21-14;/h2-5,8-9,11H,6-7,10H2,1H3,(H2,18,19,20);1H. The molecule has 0 aliphatic rings. The molecule has 0 spiro atoms. The third kappa shape index (κ3) is 4.91. The van der Waals surface area contributed by atoms with E-state index < -0.39 is 0 Å². The Morgan fingerprint density at radius 1 is 1.29 bits per heavy atom. The summed E-state index contributed by atoms with van der Waals surface area (Å²) in [5, 5.41) is 8.49. The van der Waals surface area contributed by atoms with Crippen molar-refractivity contribution in [3.05, 3.63) is 59.1 Å². The van der Waals surface area contributed by atoms with Gasteiger partial charge in [-0.05, 0) is 24.1 Å². The van der Waals surface area contributed by atoms with Crippen LogP contribution in [-0.4, -0.2) is 28.9 Å². The SMILES string of the molecule is CN=C(NCCc1ccc(F)cc1)NCc1cn2ccsc2n1.I. The zero-order chi connectivity index (χ0) is 16.1. The molecule has 3 rings (SSSR count). The van der Waals surface area contributed by atoms with Crippen molar-refractivity contribution >= 4 is 46.2 Å². The molecule has 0 atom stereocenters. The van der Waals surface area contributed by atoms with Crippen molar-refractivity contribution in [3.8, 4) is 0 Å². The average Bonchev–Trinajstić information content (AvgIpc) is 3.14. The molecule has 0 fully saturated rings. The fraction of sp³-hybridized carbons (Fsp3) is 0.250. The van der Waals surface area contributed by atoms with E-state index in [1.165, 1.54) is 12.1 Å². The fourth-order valence-electron chi connectivity index (χ4n) is 2.23. The van der Waals surface area contributed by atoms with Crippen molar-refractivity contribution in [1.82, 2.24) is 20.0 Å². The first kappa shape index (κ1) is 18.7. The van der Waals surface area contributed by atoms with Crippen LogP contribution in [-0.2, 0) is 13.0 Å². The number of rotatable bonds is 5. The molecule has 0 aliphatic carbocycles. The highest BCUT2D eigenvalue weighted by Gasteiger charge is 2.04. The predicted octanol–water partition coefficient (Wildman–Crippen LogP) is 3.06. The van der Waals surface area contributed by atoms with Gasteiger partial charge >= 0.3 is 0 Å². The second-order valence-electron chi connectivity index (χ2n) is 5.05. The van der Waals surface area contributed by atoms with Crippen LogP contribution in [0.2, 0.25) is 0 Å². The van der Waals surface area contributed by atoms with Crippen molar-refractivity contribution < 1.29 is 4.39 Å². The fourth-order valence-corrected chi connectivity index (χ4v) is 2.95. The molecule has 128 valence electrons. The summed E-state index contributed by atoms with van der Waals surface area (Å²) in [6, 6.07) is 6.55. The lowest BCUT2D eigenvalue weighted by atomic mass is 10.1. The van der Waals surface area contributed by atoms with Gasteiger partial charge in [0.1, 0.15) is 5.82 Å². The van der Waals surface area contributed by atoms with E-state index in [1.54, 1.807) is 30.5 Å². The zero-order valence-corrected chi connectivity index (χ0v) is 16.3. The van der Waals surface area contributed by atoms with Crippen LogP contribution < -0.4 is 10.6 Å². The number of benzene rings is 1. The zero-order valence-electron chi connectivity index (χ0n) is 13.2. The van der Waals surface area contributed by atoms with Crippen molar-refractivity contribution in [2.75, 3.05) is 13.6 Å². The van der Waals surface area contributed by atoms with Gasteiger partial charge in [0.05, 0.1) is 12.2 Å². The van der Waals surface area contributed by atoms with Crippen molar-refractivity contribution in [2.24, 2.45) is 4.99 Å². The van der Waals surface area contributed by atoms with Crippen LogP contribution in [0.4, 0.5) is 4.39 Å². The molecule has 0 radical (unpaired) electrons. The molecular weight excluding hydrogens is 440 g/mol. The first-order chi connectivity index (χ1) is 11.2. The molecule has 5 nitrogen and oxygen atoms in total. The molecule has 0 saturated heterocycles. The van der Waals surface area contributed by atoms with E-state index in [2.05, 4.69) is 20.6 Å². The molecule has 0 bridgehead atoms. The molecule has 2 N–H and O–H groups in total. The molecule has 2 aromatic heterocycles. The second kappa shape index (κ2) is 8.97. The molecule has 8 heteroatoms. The van der Waals surface area contributed by atoms with Crippen LogP contribution in [0.15, 0.2) is 47.0 Å². The summed E-state index contributed by atoms with van der Waals surface area (Å²) in [5.41, 5.74) is 2.06. The number of fused-ring (bicyclic) bond motifs is 1.